The highest BCUT2D eigenvalue weighted by Gasteiger charge is 2.43. The van der Waals surface area contributed by atoms with Crippen molar-refractivity contribution in [1.82, 2.24) is 69.1 Å². The molecule has 31 heteroatoms. The van der Waals surface area contributed by atoms with Crippen LogP contribution in [0.15, 0.2) is 30.3 Å². The van der Waals surface area contributed by atoms with Gasteiger partial charge in [-0.05, 0) is 166 Å². The highest BCUT2D eigenvalue weighted by atomic mass is 19.4. The Morgan fingerprint density at radius 2 is 0.364 bits per heavy atom. The van der Waals surface area contributed by atoms with Gasteiger partial charge in [0.25, 0.3) is 0 Å². The molecule has 674 valence electrons. The van der Waals surface area contributed by atoms with Gasteiger partial charge in [0, 0.05) is 0 Å². The number of hydrogen-bond donors (Lipinski definition) is 13. The molecule has 0 aliphatic rings. The third-order valence-corrected chi connectivity index (χ3v) is 18.9. The number of halogens is 3. The van der Waals surface area contributed by atoms with E-state index in [2.05, 4.69) is 63.8 Å². The molecule has 0 unspecified atom stereocenters. The molecule has 0 bridgehead atoms. The minimum Gasteiger partial charge on any atom is -0.459 e. The fourth-order valence-electron chi connectivity index (χ4n) is 13.5. The van der Waals surface area contributed by atoms with Crippen LogP contribution >= 0.6 is 0 Å². The molecule has 1 aromatic rings. The molecule has 0 saturated carbocycles. The van der Waals surface area contributed by atoms with E-state index in [4.69, 9.17) is 4.74 Å². The lowest BCUT2D eigenvalue weighted by molar-refractivity contribution is -0.174. The number of esters is 1. The highest BCUT2D eigenvalue weighted by Crippen LogP contribution is 2.22. The molecular formula is C87H150F3N13O15. The molecule has 13 amide bonds. The van der Waals surface area contributed by atoms with Gasteiger partial charge in [-0.1, -0.05) is 210 Å². The zero-order valence-corrected chi connectivity index (χ0v) is 75.6. The normalized spacial score (nSPS) is 15.3. The Balaban J connectivity index is 3.66. The second-order valence-corrected chi connectivity index (χ2v) is 37.5. The van der Waals surface area contributed by atoms with E-state index in [0.717, 1.165) is 5.56 Å². The van der Waals surface area contributed by atoms with Gasteiger partial charge in [-0.25, -0.2) is 4.79 Å². The van der Waals surface area contributed by atoms with Gasteiger partial charge < -0.3 is 73.9 Å². The van der Waals surface area contributed by atoms with Gasteiger partial charge in [0.1, 0.15) is 85.2 Å². The van der Waals surface area contributed by atoms with Crippen LogP contribution in [0.3, 0.4) is 0 Å². The van der Waals surface area contributed by atoms with Crippen molar-refractivity contribution >= 4 is 82.8 Å². The number of nitrogens with one attached hydrogen (secondary N) is 13. The van der Waals surface area contributed by atoms with E-state index in [0.29, 0.717) is 0 Å². The second-order valence-electron chi connectivity index (χ2n) is 37.5. The van der Waals surface area contributed by atoms with Crippen LogP contribution in [0.5, 0.6) is 0 Å². The van der Waals surface area contributed by atoms with Gasteiger partial charge in [-0.2, -0.15) is 13.2 Å². The van der Waals surface area contributed by atoms with E-state index in [-0.39, 0.29) is 167 Å². The molecule has 0 aliphatic carbocycles. The van der Waals surface area contributed by atoms with Gasteiger partial charge in [-0.15, -0.1) is 0 Å². The maximum absolute atomic E-state index is 14.8. The van der Waals surface area contributed by atoms with E-state index in [1.54, 1.807) is 60.7 Å². The van der Waals surface area contributed by atoms with Gasteiger partial charge in [0.2, 0.25) is 70.9 Å². The Kier molecular flexibility index (Phi) is 48.6. The van der Waals surface area contributed by atoms with Crippen molar-refractivity contribution in [2.75, 3.05) is 0 Å². The molecule has 28 nitrogen and oxygen atoms in total. The fraction of sp³-hybridized carbons (Fsp3) is 0.770. The van der Waals surface area contributed by atoms with Crippen molar-refractivity contribution in [3.05, 3.63) is 35.9 Å². The van der Waals surface area contributed by atoms with Gasteiger partial charge in [0.05, 0.1) is 0 Å². The molecule has 0 fully saturated rings. The van der Waals surface area contributed by atoms with Crippen molar-refractivity contribution in [3.63, 3.8) is 0 Å². The molecular weight excluding hydrogens is 1520 g/mol. The van der Waals surface area contributed by atoms with Gasteiger partial charge >= 0.3 is 18.1 Å². The number of alkyl halides is 3. The summed E-state index contributed by atoms with van der Waals surface area (Å²) >= 11 is 0. The van der Waals surface area contributed by atoms with E-state index in [9.17, 15) is 80.3 Å². The van der Waals surface area contributed by atoms with Crippen LogP contribution in [0, 0.1) is 76.9 Å². The molecule has 0 saturated heterocycles. The highest BCUT2D eigenvalue weighted by molar-refractivity contribution is 6.00. The number of hydrogen-bond acceptors (Lipinski definition) is 15. The monoisotopic (exact) mass is 1670 g/mol. The number of rotatable bonds is 54. The first-order valence-electron chi connectivity index (χ1n) is 42.8. The molecule has 118 heavy (non-hydrogen) atoms. The molecule has 0 radical (unpaired) electrons. The maximum Gasteiger partial charge on any atom is 0.471 e. The predicted molar refractivity (Wildman–Crippen MR) is 450 cm³/mol. The second kappa shape index (κ2) is 53.3. The molecule has 1 rings (SSSR count). The maximum atomic E-state index is 14.8. The molecule has 0 aromatic heterocycles. The predicted octanol–water partition coefficient (Wildman–Crippen LogP) is 9.19. The Labute approximate surface area is 701 Å². The lowest BCUT2D eigenvalue weighted by Crippen LogP contribution is -2.61. The number of amides is 13. The quantitative estimate of drug-likeness (QED) is 0.0270. The van der Waals surface area contributed by atoms with Gasteiger partial charge in [0.15, 0.2) is 0 Å². The summed E-state index contributed by atoms with van der Waals surface area (Å²) in [6.45, 7) is 47.2. The number of ether oxygens (including phenoxy) is 1. The Hall–Kier alpha value is -8.41. The molecule has 0 spiro atoms. The molecule has 0 aliphatic heterocycles. The van der Waals surface area contributed by atoms with E-state index >= 15 is 0 Å². The third-order valence-electron chi connectivity index (χ3n) is 18.9. The third kappa shape index (κ3) is 44.0. The number of carbonyl (C=O) groups excluding carboxylic acids is 14. The molecule has 13 atom stereocenters. The van der Waals surface area contributed by atoms with E-state index < -0.39 is 167 Å². The molecule has 1 aromatic carbocycles. The zero-order valence-electron chi connectivity index (χ0n) is 75.6. The summed E-state index contributed by atoms with van der Waals surface area (Å²) in [5.41, 5.74) is 0.764. The van der Waals surface area contributed by atoms with Crippen molar-refractivity contribution in [3.8, 4) is 0 Å². The molecule has 13 N–H and O–H groups in total. The lowest BCUT2D eigenvalue weighted by atomic mass is 9.97. The summed E-state index contributed by atoms with van der Waals surface area (Å²) in [5.74, 6) is -14.7. The van der Waals surface area contributed by atoms with Gasteiger partial charge in [-0.3, -0.25) is 62.3 Å². The first-order valence-corrected chi connectivity index (χ1v) is 42.8. The van der Waals surface area contributed by atoms with Crippen molar-refractivity contribution in [2.24, 2.45) is 76.9 Å². The first-order chi connectivity index (χ1) is 54.6. The van der Waals surface area contributed by atoms with E-state index in [1.807, 2.05) is 155 Å². The molecule has 0 heterocycles. The van der Waals surface area contributed by atoms with Crippen molar-refractivity contribution in [1.29, 1.82) is 0 Å². The summed E-state index contributed by atoms with van der Waals surface area (Å²) in [5, 5.41) is 35.2. The minimum atomic E-state index is -5.29. The zero-order chi connectivity index (χ0) is 90.5. The van der Waals surface area contributed by atoms with E-state index in [1.165, 1.54) is 0 Å². The first kappa shape index (κ1) is 108. The summed E-state index contributed by atoms with van der Waals surface area (Å²) in [6, 6.07) is -7.51. The smallest absolute Gasteiger partial charge is 0.459 e. The largest absolute Gasteiger partial charge is 0.471 e. The van der Waals surface area contributed by atoms with Crippen LogP contribution in [0.1, 0.15) is 269 Å². The van der Waals surface area contributed by atoms with Crippen molar-refractivity contribution in [2.45, 2.75) is 355 Å². The fourth-order valence-corrected chi connectivity index (χ4v) is 13.5. The minimum absolute atomic E-state index is 0.00747. The average molecular weight is 1680 g/mol. The number of benzene rings is 1. The average Bonchev–Trinajstić information content (AvgIpc) is 0.850. The lowest BCUT2D eigenvalue weighted by Gasteiger charge is -2.30. The Morgan fingerprint density at radius 1 is 0.229 bits per heavy atom. The standard InChI is InChI=1S/C87H150F3N13O15/c1-46(2)32-60(91-74(105)61(33-47(3)4)93-76(107)63(35-49(7)8)95-78(109)65(37-51(11)12)97-80(111)67(39-53(15)16)99-82(113)69(41-55(19)20)101-84(115)71(43-57(23)24)103-86(117)87(88,89)90)73(104)92-62(34-48(5)6)75(106)94-64(36-50(9)10)77(108)96-66(38-52(13)14)79(110)98-68(40-54(17)18)81(112)100-70(42-56(21)22)83(114)102-72(44-58(25)26)85(116)118-45-59-30-28-27-29-31-59/h27-31,46-58,60-72H,32-45H2,1-26H3,(H,91,105)(H,92,104)(H,93,107)(H,94,106)(H,95,109)(H,96,108)(H,97,111)(H,98,110)(H,99,113)(H,100,112)(H,101,115)(H,102,114)(H,103,117)/t60-,61-,62-,63-,64-,65-,66-,67-,68-,69-,70-,71-,72-/m0/s1. The number of carbonyl (C=O) groups is 14. The topological polar surface area (TPSA) is 405 Å². The summed E-state index contributed by atoms with van der Waals surface area (Å²) in [6.07, 6.45) is -4.41. The Morgan fingerprint density at radius 3 is 0.508 bits per heavy atom. The van der Waals surface area contributed by atoms with Crippen LogP contribution < -0.4 is 69.1 Å². The van der Waals surface area contributed by atoms with Crippen molar-refractivity contribution < 1.29 is 85.0 Å². The SMILES string of the molecule is CC(C)C[C@H](NC(=O)[C@H](CC(C)C)NC(=O)[C@H](CC(C)C)NC(=O)[C@H](CC(C)C)NC(=O)[C@H](CC(C)C)NC(=O)[C@H](CC(C)C)NC(=O)[C@H](CC(C)C)NC(=O)C(F)(F)F)C(=O)N[C@@H](CC(C)C)C(=O)N[C@@H](CC(C)C)C(=O)N[C@@H](CC(C)C)C(=O)N[C@@H](CC(C)C)C(=O)N[C@@H](CC(C)C)C(=O)N[C@@H](CC(C)C)C(=O)OCc1ccccc1. The summed E-state index contributed by atoms with van der Waals surface area (Å²) < 4.78 is 45.8. The van der Waals surface area contributed by atoms with Crippen LogP contribution in [0.25, 0.3) is 0 Å². The van der Waals surface area contributed by atoms with Crippen LogP contribution in [-0.4, -0.2) is 167 Å². The Bertz CT molecular complexity index is 3340. The van der Waals surface area contributed by atoms with Crippen LogP contribution in [0.4, 0.5) is 13.2 Å². The summed E-state index contributed by atoms with van der Waals surface area (Å²) in [7, 11) is 0. The summed E-state index contributed by atoms with van der Waals surface area (Å²) in [4.78, 5) is 200. The van der Waals surface area contributed by atoms with Crippen LogP contribution in [-0.2, 0) is 78.5 Å². The van der Waals surface area contributed by atoms with Crippen LogP contribution in [0.2, 0.25) is 0 Å².